The van der Waals surface area contributed by atoms with Gasteiger partial charge in [0.25, 0.3) is 11.8 Å². The van der Waals surface area contributed by atoms with Crippen LogP contribution >= 0.6 is 27.7 Å². The summed E-state index contributed by atoms with van der Waals surface area (Å²) in [7, 11) is 0. The number of allylic oxidation sites excluding steroid dienone is 1. The van der Waals surface area contributed by atoms with Crippen LogP contribution in [0.15, 0.2) is 64.7 Å². The Morgan fingerprint density at radius 1 is 1.12 bits per heavy atom. The van der Waals surface area contributed by atoms with Crippen molar-refractivity contribution in [2.45, 2.75) is 18.1 Å². The van der Waals surface area contributed by atoms with Crippen molar-refractivity contribution in [3.63, 3.8) is 0 Å². The van der Waals surface area contributed by atoms with Crippen molar-refractivity contribution in [3.8, 4) is 11.4 Å². The second-order valence-corrected chi connectivity index (χ2v) is 8.88. The fourth-order valence-corrected chi connectivity index (χ4v) is 4.36. The lowest BCUT2D eigenvalue weighted by Crippen LogP contribution is -2.19. The zero-order chi connectivity index (χ0) is 22.7. The molecular weight excluding hydrogens is 494 g/mol. The minimum atomic E-state index is -0.459. The maximum atomic E-state index is 12.4. The van der Waals surface area contributed by atoms with Gasteiger partial charge in [-0.1, -0.05) is 45.9 Å². The largest absolute Gasteiger partial charge is 0.326 e. The maximum Gasteiger partial charge on any atom is 0.259 e. The third-order valence-corrected chi connectivity index (χ3v) is 6.21. The summed E-state index contributed by atoms with van der Waals surface area (Å²) in [5.74, 6) is 0.136. The van der Waals surface area contributed by atoms with E-state index in [1.54, 1.807) is 12.1 Å². The van der Waals surface area contributed by atoms with Crippen LogP contribution in [-0.4, -0.2) is 38.2 Å². The first-order chi connectivity index (χ1) is 15.5. The molecule has 1 aromatic heterocycles. The van der Waals surface area contributed by atoms with Gasteiger partial charge < -0.3 is 5.32 Å². The Hall–Kier alpha value is -3.24. The van der Waals surface area contributed by atoms with Gasteiger partial charge in [-0.15, -0.1) is 16.8 Å². The van der Waals surface area contributed by atoms with Crippen molar-refractivity contribution in [2.24, 2.45) is 0 Å². The lowest BCUT2D eigenvalue weighted by Gasteiger charge is -2.08. The van der Waals surface area contributed by atoms with Gasteiger partial charge in [-0.3, -0.25) is 24.3 Å². The summed E-state index contributed by atoms with van der Waals surface area (Å²) in [5.41, 5.74) is 1.98. The zero-order valence-electron chi connectivity index (χ0n) is 16.8. The number of imide groups is 1. The number of aromatic nitrogens is 3. The van der Waals surface area contributed by atoms with Crippen LogP contribution in [0.5, 0.6) is 0 Å². The Morgan fingerprint density at radius 3 is 2.62 bits per heavy atom. The number of nitrogens with one attached hydrogen (secondary N) is 2. The highest BCUT2D eigenvalue weighted by Gasteiger charge is 2.26. The molecule has 8 nitrogen and oxygen atoms in total. The predicted molar refractivity (Wildman–Crippen MR) is 126 cm³/mol. The summed E-state index contributed by atoms with van der Waals surface area (Å²) in [6.07, 6.45) is 2.01. The molecule has 0 radical (unpaired) electrons. The molecule has 4 rings (SSSR count). The van der Waals surface area contributed by atoms with E-state index < -0.39 is 11.8 Å². The lowest BCUT2D eigenvalue weighted by molar-refractivity contribution is -0.115. The van der Waals surface area contributed by atoms with Crippen LogP contribution in [0.3, 0.4) is 0 Å². The molecule has 0 fully saturated rings. The summed E-state index contributed by atoms with van der Waals surface area (Å²) in [4.78, 5) is 35.8. The van der Waals surface area contributed by atoms with E-state index in [1.165, 1.54) is 23.9 Å². The predicted octanol–water partition coefficient (Wildman–Crippen LogP) is 3.90. The minimum Gasteiger partial charge on any atom is -0.326 e. The molecule has 0 unspecified atom stereocenters. The molecule has 0 bridgehead atoms. The SMILES string of the molecule is C=CCn1c(SCCC(=O)Nc2ccc3c(c2)C(=O)NC3=O)nnc1-c1ccc(Br)cc1. The summed E-state index contributed by atoms with van der Waals surface area (Å²) < 4.78 is 2.93. The van der Waals surface area contributed by atoms with E-state index in [1.807, 2.05) is 28.8 Å². The van der Waals surface area contributed by atoms with E-state index in [-0.39, 0.29) is 17.9 Å². The van der Waals surface area contributed by atoms with Crippen molar-refractivity contribution >= 4 is 51.1 Å². The monoisotopic (exact) mass is 511 g/mol. The highest BCUT2D eigenvalue weighted by atomic mass is 79.9. The van der Waals surface area contributed by atoms with Gasteiger partial charge in [0.15, 0.2) is 11.0 Å². The fraction of sp³-hybridized carbons (Fsp3) is 0.136. The van der Waals surface area contributed by atoms with Crippen LogP contribution in [0.25, 0.3) is 11.4 Å². The molecule has 0 aliphatic carbocycles. The Morgan fingerprint density at radius 2 is 1.88 bits per heavy atom. The van der Waals surface area contributed by atoms with Crippen LogP contribution in [0.4, 0.5) is 5.69 Å². The third kappa shape index (κ3) is 4.66. The number of thioether (sulfide) groups is 1. The van der Waals surface area contributed by atoms with Crippen molar-refractivity contribution in [1.29, 1.82) is 0 Å². The molecule has 2 heterocycles. The topological polar surface area (TPSA) is 106 Å². The first kappa shape index (κ1) is 22.0. The van der Waals surface area contributed by atoms with Gasteiger partial charge in [0.1, 0.15) is 0 Å². The van der Waals surface area contributed by atoms with Crippen molar-refractivity contribution in [3.05, 3.63) is 70.7 Å². The van der Waals surface area contributed by atoms with Crippen molar-refractivity contribution < 1.29 is 14.4 Å². The Balaban J connectivity index is 1.38. The summed E-state index contributed by atoms with van der Waals surface area (Å²) in [6, 6.07) is 12.4. The molecule has 0 saturated heterocycles. The molecule has 0 spiro atoms. The number of rotatable bonds is 8. The number of carbonyl (C=O) groups excluding carboxylic acids is 3. The summed E-state index contributed by atoms with van der Waals surface area (Å²) in [6.45, 7) is 4.35. The number of nitrogens with zero attached hydrogens (tertiary/aromatic N) is 3. The molecule has 2 N–H and O–H groups in total. The molecule has 2 aromatic carbocycles. The number of hydrogen-bond donors (Lipinski definition) is 2. The third-order valence-electron chi connectivity index (χ3n) is 4.71. The van der Waals surface area contributed by atoms with E-state index in [0.29, 0.717) is 28.7 Å². The average molecular weight is 512 g/mol. The average Bonchev–Trinajstić information content (AvgIpc) is 3.29. The van der Waals surface area contributed by atoms with E-state index in [2.05, 4.69) is 43.3 Å². The standard InChI is InChI=1S/C22H18BrN5O3S/c1-2-10-28-19(13-3-5-14(23)6-4-13)26-27-22(28)32-11-9-18(29)24-15-7-8-16-17(12-15)21(31)25-20(16)30/h2-8,12H,1,9-11H2,(H,24,29)(H,25,30,31). The number of fused-ring (bicyclic) bond motifs is 1. The molecule has 1 aliphatic heterocycles. The van der Waals surface area contributed by atoms with Gasteiger partial charge in [0.05, 0.1) is 11.1 Å². The van der Waals surface area contributed by atoms with Gasteiger partial charge in [-0.05, 0) is 30.3 Å². The van der Waals surface area contributed by atoms with Crippen molar-refractivity contribution in [1.82, 2.24) is 20.1 Å². The molecule has 3 aromatic rings. The van der Waals surface area contributed by atoms with Gasteiger partial charge >= 0.3 is 0 Å². The van der Waals surface area contributed by atoms with Gasteiger partial charge in [-0.25, -0.2) is 0 Å². The molecular formula is C22H18BrN5O3S. The number of halogens is 1. The smallest absolute Gasteiger partial charge is 0.259 e. The highest BCUT2D eigenvalue weighted by Crippen LogP contribution is 2.26. The molecule has 3 amide bonds. The zero-order valence-corrected chi connectivity index (χ0v) is 19.2. The quantitative estimate of drug-likeness (QED) is 0.270. The highest BCUT2D eigenvalue weighted by molar-refractivity contribution is 9.10. The first-order valence-corrected chi connectivity index (χ1v) is 11.5. The minimum absolute atomic E-state index is 0.204. The van der Waals surface area contributed by atoms with E-state index >= 15 is 0 Å². The van der Waals surface area contributed by atoms with Crippen LogP contribution < -0.4 is 10.6 Å². The fourth-order valence-electron chi connectivity index (χ4n) is 3.21. The van der Waals surface area contributed by atoms with E-state index in [4.69, 9.17) is 0 Å². The lowest BCUT2D eigenvalue weighted by atomic mass is 10.1. The molecule has 1 aliphatic rings. The van der Waals surface area contributed by atoms with Crippen LogP contribution in [-0.2, 0) is 11.3 Å². The number of benzene rings is 2. The van der Waals surface area contributed by atoms with Crippen molar-refractivity contribution in [2.75, 3.05) is 11.1 Å². The van der Waals surface area contributed by atoms with Crippen LogP contribution in [0, 0.1) is 0 Å². The van der Waals surface area contributed by atoms with Gasteiger partial charge in [0, 0.05) is 34.4 Å². The van der Waals surface area contributed by atoms with E-state index in [9.17, 15) is 14.4 Å². The second-order valence-electron chi connectivity index (χ2n) is 6.90. The molecule has 162 valence electrons. The first-order valence-electron chi connectivity index (χ1n) is 9.68. The van der Waals surface area contributed by atoms with E-state index in [0.717, 1.165) is 15.9 Å². The Labute approximate surface area is 196 Å². The van der Waals surface area contributed by atoms with Gasteiger partial charge in [-0.2, -0.15) is 0 Å². The Bertz CT molecular complexity index is 1220. The molecule has 0 atom stereocenters. The molecule has 10 heteroatoms. The maximum absolute atomic E-state index is 12.4. The number of anilines is 1. The van der Waals surface area contributed by atoms with Crippen LogP contribution in [0.1, 0.15) is 27.1 Å². The second kappa shape index (κ2) is 9.49. The van der Waals surface area contributed by atoms with Crippen LogP contribution in [0.2, 0.25) is 0 Å². The number of amides is 3. The Kier molecular flexibility index (Phi) is 6.52. The number of carbonyl (C=O) groups is 3. The van der Waals surface area contributed by atoms with Gasteiger partial charge in [0.2, 0.25) is 5.91 Å². The number of hydrogen-bond acceptors (Lipinski definition) is 6. The summed E-state index contributed by atoms with van der Waals surface area (Å²) >= 11 is 4.86. The molecule has 0 saturated carbocycles. The molecule has 32 heavy (non-hydrogen) atoms. The summed E-state index contributed by atoms with van der Waals surface area (Å²) in [5, 5.41) is 14.3. The normalized spacial score (nSPS) is 12.4.